The molecule has 132 valence electrons. The molecule has 1 aliphatic heterocycles. The van der Waals surface area contributed by atoms with Gasteiger partial charge in [-0.2, -0.15) is 0 Å². The molecule has 0 unspecified atom stereocenters. The van der Waals surface area contributed by atoms with Crippen molar-refractivity contribution in [3.63, 3.8) is 0 Å². The largest absolute Gasteiger partial charge is 0.472 e. The molecule has 1 aliphatic rings. The Morgan fingerprint density at radius 3 is 2.69 bits per heavy atom. The second kappa shape index (κ2) is 6.63. The molecular formula is C20H18FN3O2. The van der Waals surface area contributed by atoms with E-state index in [1.54, 1.807) is 34.7 Å². The lowest BCUT2D eigenvalue weighted by Crippen LogP contribution is -2.40. The average Bonchev–Trinajstić information content (AvgIpc) is 3.08. The molecule has 6 heteroatoms. The van der Waals surface area contributed by atoms with Crippen LogP contribution in [-0.2, 0) is 13.2 Å². The molecule has 1 amide bonds. The van der Waals surface area contributed by atoms with E-state index >= 15 is 0 Å². The van der Waals surface area contributed by atoms with Crippen LogP contribution in [0.25, 0.3) is 0 Å². The molecule has 0 radical (unpaired) electrons. The third-order valence-electron chi connectivity index (χ3n) is 4.44. The van der Waals surface area contributed by atoms with E-state index in [1.165, 1.54) is 6.07 Å². The van der Waals surface area contributed by atoms with Crippen LogP contribution in [0.2, 0.25) is 0 Å². The van der Waals surface area contributed by atoms with Crippen molar-refractivity contribution in [3.8, 4) is 5.88 Å². The minimum atomic E-state index is -0.278. The average molecular weight is 351 g/mol. The van der Waals surface area contributed by atoms with Gasteiger partial charge in [0.15, 0.2) is 0 Å². The first-order chi connectivity index (χ1) is 12.6. The quantitative estimate of drug-likeness (QED) is 0.722. The Bertz CT molecular complexity index is 953. The lowest BCUT2D eigenvalue weighted by molar-refractivity contribution is 0.0962. The van der Waals surface area contributed by atoms with E-state index < -0.39 is 0 Å². The second-order valence-electron chi connectivity index (χ2n) is 6.26. The zero-order chi connectivity index (χ0) is 18.1. The second-order valence-corrected chi connectivity index (χ2v) is 6.26. The lowest BCUT2D eigenvalue weighted by atomic mass is 10.1. The molecule has 4 rings (SSSR count). The molecule has 0 bridgehead atoms. The fraction of sp³-hybridized carbons (Fsp3) is 0.200. The summed E-state index contributed by atoms with van der Waals surface area (Å²) in [5, 5.41) is 4.36. The Balaban J connectivity index is 1.53. The van der Waals surface area contributed by atoms with Crippen LogP contribution < -0.4 is 9.64 Å². The van der Waals surface area contributed by atoms with Crippen molar-refractivity contribution in [2.75, 3.05) is 11.4 Å². The van der Waals surface area contributed by atoms with Crippen LogP contribution in [0.5, 0.6) is 5.88 Å². The van der Waals surface area contributed by atoms with Crippen molar-refractivity contribution in [3.05, 3.63) is 77.2 Å². The number of carbonyl (C=O) groups is 1. The van der Waals surface area contributed by atoms with Crippen LogP contribution in [0, 0.1) is 12.7 Å². The van der Waals surface area contributed by atoms with Crippen LogP contribution >= 0.6 is 0 Å². The Morgan fingerprint density at radius 2 is 1.92 bits per heavy atom. The fourth-order valence-electron chi connectivity index (χ4n) is 3.02. The third-order valence-corrected chi connectivity index (χ3v) is 4.44. The van der Waals surface area contributed by atoms with Gasteiger partial charge >= 0.3 is 0 Å². The van der Waals surface area contributed by atoms with Gasteiger partial charge in [-0.3, -0.25) is 9.48 Å². The van der Waals surface area contributed by atoms with Gasteiger partial charge in [-0.1, -0.05) is 30.3 Å². The predicted octanol–water partition coefficient (Wildman–Crippen LogP) is 3.57. The Kier molecular flexibility index (Phi) is 4.16. The fourth-order valence-corrected chi connectivity index (χ4v) is 3.02. The maximum atomic E-state index is 13.5. The summed E-state index contributed by atoms with van der Waals surface area (Å²) in [5.41, 5.74) is 2.71. The number of hydrogen-bond donors (Lipinski definition) is 0. The highest BCUT2D eigenvalue weighted by molar-refractivity contribution is 6.05. The van der Waals surface area contributed by atoms with E-state index in [0.29, 0.717) is 42.5 Å². The first-order valence-corrected chi connectivity index (χ1v) is 8.44. The zero-order valence-corrected chi connectivity index (χ0v) is 14.4. The van der Waals surface area contributed by atoms with Crippen LogP contribution in [0.4, 0.5) is 10.1 Å². The Hall–Kier alpha value is -3.15. The number of aryl methyl sites for hydroxylation is 1. The first kappa shape index (κ1) is 16.3. The van der Waals surface area contributed by atoms with Gasteiger partial charge in [0, 0.05) is 18.3 Å². The van der Waals surface area contributed by atoms with Gasteiger partial charge in [0.2, 0.25) is 5.88 Å². The number of amides is 1. The number of anilines is 1. The number of ether oxygens (including phenoxy) is 1. The van der Waals surface area contributed by atoms with E-state index in [-0.39, 0.29) is 11.7 Å². The summed E-state index contributed by atoms with van der Waals surface area (Å²) in [5.74, 6) is -0.0153. The summed E-state index contributed by atoms with van der Waals surface area (Å²) in [7, 11) is 0. The first-order valence-electron chi connectivity index (χ1n) is 8.44. The maximum Gasteiger partial charge on any atom is 0.276 e. The van der Waals surface area contributed by atoms with Gasteiger partial charge in [-0.05, 0) is 36.2 Å². The van der Waals surface area contributed by atoms with Crippen molar-refractivity contribution in [2.45, 2.75) is 20.1 Å². The highest BCUT2D eigenvalue weighted by Gasteiger charge is 2.28. The summed E-state index contributed by atoms with van der Waals surface area (Å²) in [4.78, 5) is 14.5. The molecule has 26 heavy (non-hydrogen) atoms. The molecule has 2 aromatic carbocycles. The molecule has 0 aliphatic carbocycles. The molecule has 1 aromatic heterocycles. The molecular weight excluding hydrogens is 333 g/mol. The number of halogens is 1. The lowest BCUT2D eigenvalue weighted by Gasteiger charge is -2.27. The zero-order valence-electron chi connectivity index (χ0n) is 14.4. The van der Waals surface area contributed by atoms with Crippen LogP contribution in [0.1, 0.15) is 21.6 Å². The summed E-state index contributed by atoms with van der Waals surface area (Å²) in [6.45, 7) is 3.13. The van der Waals surface area contributed by atoms with Gasteiger partial charge in [-0.15, -0.1) is 5.10 Å². The standard InChI is InChI=1S/C20H18FN3O2/c1-14-11-16(7-8-17(14)21)23-9-10-24-18(20(23)25)12-19(22-24)26-13-15-5-3-2-4-6-15/h2-8,11-12H,9-10,13H2,1H3. The van der Waals surface area contributed by atoms with E-state index in [2.05, 4.69) is 5.10 Å². The molecule has 0 atom stereocenters. The summed E-state index contributed by atoms with van der Waals surface area (Å²) in [6, 6.07) is 16.1. The number of rotatable bonds is 4. The summed E-state index contributed by atoms with van der Waals surface area (Å²) in [6.07, 6.45) is 0. The van der Waals surface area contributed by atoms with E-state index in [9.17, 15) is 9.18 Å². The highest BCUT2D eigenvalue weighted by atomic mass is 19.1. The van der Waals surface area contributed by atoms with E-state index in [0.717, 1.165) is 5.56 Å². The molecule has 0 N–H and O–H groups in total. The van der Waals surface area contributed by atoms with Crippen molar-refractivity contribution < 1.29 is 13.9 Å². The molecule has 5 nitrogen and oxygen atoms in total. The smallest absolute Gasteiger partial charge is 0.276 e. The van der Waals surface area contributed by atoms with Crippen LogP contribution in [0.3, 0.4) is 0 Å². The van der Waals surface area contributed by atoms with Gasteiger partial charge in [0.05, 0.1) is 6.54 Å². The monoisotopic (exact) mass is 351 g/mol. The van der Waals surface area contributed by atoms with Crippen molar-refractivity contribution >= 4 is 11.6 Å². The summed E-state index contributed by atoms with van der Waals surface area (Å²) >= 11 is 0. The minimum Gasteiger partial charge on any atom is -0.472 e. The highest BCUT2D eigenvalue weighted by Crippen LogP contribution is 2.25. The summed E-state index contributed by atoms with van der Waals surface area (Å²) < 4.78 is 20.9. The predicted molar refractivity (Wildman–Crippen MR) is 95.8 cm³/mol. The molecule has 3 aromatic rings. The number of nitrogens with zero attached hydrogens (tertiary/aromatic N) is 3. The van der Waals surface area contributed by atoms with Gasteiger partial charge in [0.1, 0.15) is 18.1 Å². The van der Waals surface area contributed by atoms with E-state index in [4.69, 9.17) is 4.74 Å². The normalized spacial score (nSPS) is 13.6. The van der Waals surface area contributed by atoms with Crippen molar-refractivity contribution in [1.82, 2.24) is 9.78 Å². The Labute approximate surface area is 150 Å². The Morgan fingerprint density at radius 1 is 1.12 bits per heavy atom. The topological polar surface area (TPSA) is 47.4 Å². The van der Waals surface area contributed by atoms with Crippen molar-refractivity contribution in [1.29, 1.82) is 0 Å². The van der Waals surface area contributed by atoms with Gasteiger partial charge in [-0.25, -0.2) is 4.39 Å². The van der Waals surface area contributed by atoms with Crippen LogP contribution in [-0.4, -0.2) is 22.2 Å². The number of aromatic nitrogens is 2. The SMILES string of the molecule is Cc1cc(N2CCn3nc(OCc4ccccc4)cc3C2=O)ccc1F. The molecule has 2 heterocycles. The number of fused-ring (bicyclic) bond motifs is 1. The molecule has 0 saturated heterocycles. The van der Waals surface area contributed by atoms with Gasteiger partial charge in [0.25, 0.3) is 5.91 Å². The van der Waals surface area contributed by atoms with Gasteiger partial charge < -0.3 is 9.64 Å². The van der Waals surface area contributed by atoms with Crippen molar-refractivity contribution in [2.24, 2.45) is 0 Å². The third kappa shape index (κ3) is 3.06. The maximum absolute atomic E-state index is 13.5. The number of carbonyl (C=O) groups excluding carboxylic acids is 1. The minimum absolute atomic E-state index is 0.163. The molecule has 0 fully saturated rings. The van der Waals surface area contributed by atoms with Crippen LogP contribution in [0.15, 0.2) is 54.6 Å². The number of hydrogen-bond acceptors (Lipinski definition) is 3. The van der Waals surface area contributed by atoms with E-state index in [1.807, 2.05) is 30.3 Å². The molecule has 0 spiro atoms. The molecule has 0 saturated carbocycles. The number of benzene rings is 2.